The minimum atomic E-state index is 0.657. The van der Waals surface area contributed by atoms with E-state index in [0.29, 0.717) is 5.02 Å². The maximum Gasteiger partial charge on any atom is 0.142 e. The van der Waals surface area contributed by atoms with Crippen molar-refractivity contribution in [2.24, 2.45) is 0 Å². The lowest BCUT2D eigenvalue weighted by molar-refractivity contribution is 0.758. The van der Waals surface area contributed by atoms with Crippen LogP contribution in [-0.4, -0.2) is 18.6 Å². The van der Waals surface area contributed by atoms with E-state index in [4.69, 9.17) is 11.6 Å². The Morgan fingerprint density at radius 3 is 2.86 bits per heavy atom. The first-order valence-electron chi connectivity index (χ1n) is 4.67. The normalized spacial score (nSPS) is 10.3. The van der Waals surface area contributed by atoms with Gasteiger partial charge in [0.25, 0.3) is 0 Å². The Balaban J connectivity index is 2.74. The van der Waals surface area contributed by atoms with E-state index in [-0.39, 0.29) is 0 Å². The van der Waals surface area contributed by atoms with Gasteiger partial charge in [-0.15, -0.1) is 0 Å². The Hall–Kier alpha value is -0.280. The summed E-state index contributed by atoms with van der Waals surface area (Å²) in [6.45, 7) is 3.20. The zero-order chi connectivity index (χ0) is 10.6. The number of hydrogen-bond acceptors (Lipinski definition) is 2. The van der Waals surface area contributed by atoms with Crippen molar-refractivity contribution in [2.75, 3.05) is 18.5 Å². The summed E-state index contributed by atoms with van der Waals surface area (Å²) in [7, 11) is 2.04. The van der Waals surface area contributed by atoms with E-state index >= 15 is 0 Å². The minimum absolute atomic E-state index is 0.657. The predicted octanol–water partition coefficient (Wildman–Crippen LogP) is 3.73. The van der Waals surface area contributed by atoms with E-state index < -0.39 is 0 Å². The summed E-state index contributed by atoms with van der Waals surface area (Å²) in [5.74, 6) is 0.947. The average molecular weight is 278 g/mol. The molecule has 4 heteroatoms. The summed E-state index contributed by atoms with van der Waals surface area (Å²) in [6.07, 6.45) is 4.03. The van der Waals surface area contributed by atoms with Crippen molar-refractivity contribution >= 4 is 33.3 Å². The fourth-order valence-electron chi connectivity index (χ4n) is 1.19. The standard InChI is InChI=1S/C10H14BrClN2/c1-3-4-5-14(2)10-9(11)6-8(12)7-13-10/h6-7H,3-5H2,1-2H3. The van der Waals surface area contributed by atoms with Gasteiger partial charge in [-0.3, -0.25) is 0 Å². The largest absolute Gasteiger partial charge is 0.359 e. The van der Waals surface area contributed by atoms with Gasteiger partial charge in [0.1, 0.15) is 5.82 Å². The Morgan fingerprint density at radius 1 is 1.57 bits per heavy atom. The molecule has 0 unspecified atom stereocenters. The summed E-state index contributed by atoms with van der Waals surface area (Å²) in [4.78, 5) is 6.41. The van der Waals surface area contributed by atoms with E-state index in [2.05, 4.69) is 32.7 Å². The fraction of sp³-hybridized carbons (Fsp3) is 0.500. The van der Waals surface area contributed by atoms with E-state index in [9.17, 15) is 0 Å². The van der Waals surface area contributed by atoms with Gasteiger partial charge < -0.3 is 4.90 Å². The summed E-state index contributed by atoms with van der Waals surface area (Å²) >= 11 is 9.27. The van der Waals surface area contributed by atoms with Gasteiger partial charge >= 0.3 is 0 Å². The quantitative estimate of drug-likeness (QED) is 0.833. The summed E-state index contributed by atoms with van der Waals surface area (Å²) in [6, 6.07) is 1.87. The molecule has 14 heavy (non-hydrogen) atoms. The van der Waals surface area contributed by atoms with Crippen molar-refractivity contribution < 1.29 is 0 Å². The molecule has 0 atom stereocenters. The number of anilines is 1. The van der Waals surface area contributed by atoms with Crippen molar-refractivity contribution in [1.82, 2.24) is 4.98 Å². The molecule has 1 heterocycles. The molecule has 78 valence electrons. The summed E-state index contributed by atoms with van der Waals surface area (Å²) in [5, 5.41) is 0.657. The molecule has 2 nitrogen and oxygen atoms in total. The van der Waals surface area contributed by atoms with Gasteiger partial charge in [-0.1, -0.05) is 24.9 Å². The number of hydrogen-bond donors (Lipinski definition) is 0. The van der Waals surface area contributed by atoms with Gasteiger partial charge in [0, 0.05) is 19.8 Å². The van der Waals surface area contributed by atoms with Crippen molar-refractivity contribution in [2.45, 2.75) is 19.8 Å². The summed E-state index contributed by atoms with van der Waals surface area (Å²) in [5.41, 5.74) is 0. The Morgan fingerprint density at radius 2 is 2.29 bits per heavy atom. The molecule has 1 rings (SSSR count). The second kappa shape index (κ2) is 5.56. The first-order valence-corrected chi connectivity index (χ1v) is 5.84. The monoisotopic (exact) mass is 276 g/mol. The Bertz CT molecular complexity index is 304. The minimum Gasteiger partial charge on any atom is -0.359 e. The zero-order valence-corrected chi connectivity index (χ0v) is 10.8. The van der Waals surface area contributed by atoms with Crippen LogP contribution >= 0.6 is 27.5 Å². The molecule has 0 aliphatic rings. The van der Waals surface area contributed by atoms with Gasteiger partial charge in [0.15, 0.2) is 0 Å². The molecule has 0 fully saturated rings. The topological polar surface area (TPSA) is 16.1 Å². The molecule has 0 saturated carbocycles. The molecule has 0 aromatic carbocycles. The lowest BCUT2D eigenvalue weighted by Gasteiger charge is -2.18. The highest BCUT2D eigenvalue weighted by Gasteiger charge is 2.06. The third kappa shape index (κ3) is 3.14. The lowest BCUT2D eigenvalue weighted by Crippen LogP contribution is -2.19. The molecule has 0 radical (unpaired) electrons. The van der Waals surface area contributed by atoms with Crippen molar-refractivity contribution in [3.05, 3.63) is 21.8 Å². The van der Waals surface area contributed by atoms with Gasteiger partial charge in [-0.25, -0.2) is 4.98 Å². The highest BCUT2D eigenvalue weighted by Crippen LogP contribution is 2.25. The van der Waals surface area contributed by atoms with Crippen LogP contribution in [0.4, 0.5) is 5.82 Å². The summed E-state index contributed by atoms with van der Waals surface area (Å²) < 4.78 is 0.948. The van der Waals surface area contributed by atoms with Crippen LogP contribution < -0.4 is 4.90 Å². The average Bonchev–Trinajstić information content (AvgIpc) is 2.14. The van der Waals surface area contributed by atoms with E-state index in [0.717, 1.165) is 16.8 Å². The number of aromatic nitrogens is 1. The van der Waals surface area contributed by atoms with Crippen molar-refractivity contribution in [1.29, 1.82) is 0 Å². The number of rotatable bonds is 4. The number of halogens is 2. The van der Waals surface area contributed by atoms with Gasteiger partial charge in [-0.2, -0.15) is 0 Å². The number of nitrogens with zero attached hydrogens (tertiary/aromatic N) is 2. The van der Waals surface area contributed by atoms with Crippen LogP contribution in [0.5, 0.6) is 0 Å². The molecule has 0 spiro atoms. The maximum absolute atomic E-state index is 5.81. The van der Waals surface area contributed by atoms with Crippen LogP contribution in [0.1, 0.15) is 19.8 Å². The first-order chi connectivity index (χ1) is 6.65. The van der Waals surface area contributed by atoms with Crippen LogP contribution in [0.3, 0.4) is 0 Å². The van der Waals surface area contributed by atoms with Gasteiger partial charge in [0.2, 0.25) is 0 Å². The Kier molecular flexibility index (Phi) is 4.69. The molecule has 0 bridgehead atoms. The van der Waals surface area contributed by atoms with Crippen LogP contribution in [-0.2, 0) is 0 Å². The molecule has 0 aliphatic heterocycles. The van der Waals surface area contributed by atoms with Gasteiger partial charge in [0.05, 0.1) is 9.50 Å². The highest BCUT2D eigenvalue weighted by atomic mass is 79.9. The predicted molar refractivity (Wildman–Crippen MR) is 65.1 cm³/mol. The zero-order valence-electron chi connectivity index (χ0n) is 8.43. The SMILES string of the molecule is CCCCN(C)c1ncc(Cl)cc1Br. The van der Waals surface area contributed by atoms with E-state index in [1.54, 1.807) is 6.20 Å². The van der Waals surface area contributed by atoms with E-state index in [1.807, 2.05) is 13.1 Å². The molecular formula is C10H14BrClN2. The molecule has 0 aliphatic carbocycles. The van der Waals surface area contributed by atoms with Crippen LogP contribution in [0.2, 0.25) is 5.02 Å². The second-order valence-corrected chi connectivity index (χ2v) is 4.52. The van der Waals surface area contributed by atoms with Crippen molar-refractivity contribution in [3.63, 3.8) is 0 Å². The highest BCUT2D eigenvalue weighted by molar-refractivity contribution is 9.10. The van der Waals surface area contributed by atoms with E-state index in [1.165, 1.54) is 12.8 Å². The smallest absolute Gasteiger partial charge is 0.142 e. The molecule has 1 aromatic heterocycles. The Labute approximate surface area is 98.4 Å². The fourth-order valence-corrected chi connectivity index (χ4v) is 2.13. The maximum atomic E-state index is 5.81. The molecule has 1 aromatic rings. The second-order valence-electron chi connectivity index (χ2n) is 3.23. The molecule has 0 amide bonds. The number of pyridine rings is 1. The van der Waals surface area contributed by atoms with Crippen molar-refractivity contribution in [3.8, 4) is 0 Å². The molecule has 0 saturated heterocycles. The molecular weight excluding hydrogens is 263 g/mol. The third-order valence-corrected chi connectivity index (χ3v) is 2.79. The van der Waals surface area contributed by atoms with Gasteiger partial charge in [-0.05, 0) is 28.4 Å². The van der Waals surface area contributed by atoms with Crippen LogP contribution in [0, 0.1) is 0 Å². The van der Waals surface area contributed by atoms with Crippen LogP contribution in [0.25, 0.3) is 0 Å². The van der Waals surface area contributed by atoms with Crippen LogP contribution in [0.15, 0.2) is 16.7 Å². The third-order valence-electron chi connectivity index (χ3n) is 2.00. The lowest BCUT2D eigenvalue weighted by atomic mass is 10.3. The number of unbranched alkanes of at least 4 members (excludes halogenated alkanes) is 1. The molecule has 0 N–H and O–H groups in total. The first kappa shape index (κ1) is 11.8.